The summed E-state index contributed by atoms with van der Waals surface area (Å²) in [4.78, 5) is 23.9. The fourth-order valence-electron chi connectivity index (χ4n) is 2.27. The molecule has 3 aromatic rings. The van der Waals surface area contributed by atoms with Gasteiger partial charge in [-0.25, -0.2) is 9.59 Å². The number of carbonyl (C=O) groups excluding carboxylic acids is 1. The molecule has 6 heteroatoms. The van der Waals surface area contributed by atoms with E-state index in [-0.39, 0.29) is 12.2 Å². The molecule has 0 aliphatic heterocycles. The van der Waals surface area contributed by atoms with Crippen molar-refractivity contribution in [3.63, 3.8) is 0 Å². The van der Waals surface area contributed by atoms with Gasteiger partial charge in [-0.15, -0.1) is 22.7 Å². The van der Waals surface area contributed by atoms with Gasteiger partial charge in [0.1, 0.15) is 6.61 Å². The first-order chi connectivity index (χ1) is 10.1. The number of hydrogen-bond acceptors (Lipinski definition) is 5. The molecule has 1 N–H and O–H groups in total. The highest BCUT2D eigenvalue weighted by Gasteiger charge is 2.24. The van der Waals surface area contributed by atoms with Crippen LogP contribution in [0.25, 0.3) is 20.2 Å². The van der Waals surface area contributed by atoms with Crippen LogP contribution in [0.1, 0.15) is 20.7 Å². The Balaban J connectivity index is 2.37. The largest absolute Gasteiger partial charge is 0.478 e. The van der Waals surface area contributed by atoms with Gasteiger partial charge in [-0.2, -0.15) is 0 Å². The van der Waals surface area contributed by atoms with Crippen LogP contribution >= 0.6 is 22.7 Å². The van der Waals surface area contributed by atoms with Gasteiger partial charge in [-0.3, -0.25) is 0 Å². The number of hydrogen-bond donors (Lipinski definition) is 1. The smallest absolute Gasteiger partial charge is 0.340 e. The van der Waals surface area contributed by atoms with Gasteiger partial charge < -0.3 is 9.84 Å². The number of thiophene rings is 2. The maximum atomic E-state index is 12.3. The molecule has 0 radical (unpaired) electrons. The van der Waals surface area contributed by atoms with E-state index in [2.05, 4.69) is 6.58 Å². The van der Waals surface area contributed by atoms with Gasteiger partial charge in [0.2, 0.25) is 0 Å². The zero-order chi connectivity index (χ0) is 15.0. The minimum atomic E-state index is -0.989. The van der Waals surface area contributed by atoms with Crippen LogP contribution < -0.4 is 0 Å². The van der Waals surface area contributed by atoms with Crippen LogP contribution in [0.2, 0.25) is 0 Å². The fraction of sp³-hybridized carbons (Fsp3) is 0.0667. The van der Waals surface area contributed by atoms with Crippen molar-refractivity contribution in [1.82, 2.24) is 0 Å². The maximum absolute atomic E-state index is 12.3. The summed E-state index contributed by atoms with van der Waals surface area (Å²) in [5, 5.41) is 14.2. The van der Waals surface area contributed by atoms with Gasteiger partial charge in [0.25, 0.3) is 0 Å². The van der Waals surface area contributed by atoms with Crippen molar-refractivity contribution in [2.24, 2.45) is 0 Å². The molecule has 4 nitrogen and oxygen atoms in total. The van der Waals surface area contributed by atoms with Crippen LogP contribution in [-0.2, 0) is 4.74 Å². The molecule has 0 aliphatic rings. The van der Waals surface area contributed by atoms with Crippen LogP contribution in [0.5, 0.6) is 0 Å². The van der Waals surface area contributed by atoms with E-state index in [9.17, 15) is 14.7 Å². The highest BCUT2D eigenvalue weighted by molar-refractivity contribution is 7.19. The summed E-state index contributed by atoms with van der Waals surface area (Å²) in [5.74, 6) is -1.44. The summed E-state index contributed by atoms with van der Waals surface area (Å²) in [6, 6.07) is 3.49. The second-order valence-electron chi connectivity index (χ2n) is 4.27. The van der Waals surface area contributed by atoms with Gasteiger partial charge >= 0.3 is 11.9 Å². The highest BCUT2D eigenvalue weighted by atomic mass is 32.1. The summed E-state index contributed by atoms with van der Waals surface area (Å²) in [6.07, 6.45) is 1.50. The molecule has 0 amide bonds. The molecule has 0 bridgehead atoms. The topological polar surface area (TPSA) is 63.6 Å². The summed E-state index contributed by atoms with van der Waals surface area (Å²) in [5.41, 5.74) is 0.680. The van der Waals surface area contributed by atoms with Gasteiger partial charge in [0.05, 0.1) is 20.5 Å². The van der Waals surface area contributed by atoms with E-state index in [4.69, 9.17) is 4.74 Å². The first kappa shape index (κ1) is 13.8. The van der Waals surface area contributed by atoms with Crippen molar-refractivity contribution in [1.29, 1.82) is 0 Å². The Morgan fingerprint density at radius 3 is 2.29 bits per heavy atom. The minimum absolute atomic E-state index is 0.123. The molecule has 2 aromatic heterocycles. The van der Waals surface area contributed by atoms with Crippen molar-refractivity contribution in [3.8, 4) is 0 Å². The average molecular weight is 318 g/mol. The Kier molecular flexibility index (Phi) is 3.48. The lowest BCUT2D eigenvalue weighted by atomic mass is 10.0. The standard InChI is InChI=1S/C15H10O4S2/c1-2-5-19-15(18)11-9-4-7-20-12(9)10(14(16)17)8-3-6-21-13(8)11/h2-4,6-7H,1,5H2,(H,16,17). The Morgan fingerprint density at radius 1 is 1.14 bits per heavy atom. The quantitative estimate of drug-likeness (QED) is 0.579. The SMILES string of the molecule is C=CCOC(=O)c1c2ccsc2c(C(=O)O)c2ccsc12. The first-order valence-electron chi connectivity index (χ1n) is 6.06. The number of aromatic carboxylic acids is 1. The molecule has 3 rings (SSSR count). The van der Waals surface area contributed by atoms with Crippen molar-refractivity contribution < 1.29 is 19.4 Å². The van der Waals surface area contributed by atoms with Crippen molar-refractivity contribution in [2.45, 2.75) is 0 Å². The molecular formula is C15H10O4S2. The number of carbonyl (C=O) groups is 2. The molecule has 2 heterocycles. The van der Waals surface area contributed by atoms with Crippen LogP contribution in [0, 0.1) is 0 Å². The molecule has 106 valence electrons. The number of carboxylic acid groups (broad SMARTS) is 1. The highest BCUT2D eigenvalue weighted by Crippen LogP contribution is 2.39. The Hall–Kier alpha value is -2.18. The average Bonchev–Trinajstić information content (AvgIpc) is 3.09. The molecular weight excluding hydrogens is 308 g/mol. The summed E-state index contributed by atoms with van der Waals surface area (Å²) in [7, 11) is 0. The third kappa shape index (κ3) is 2.12. The Morgan fingerprint density at radius 2 is 1.71 bits per heavy atom. The van der Waals surface area contributed by atoms with Crippen LogP contribution in [0.15, 0.2) is 35.5 Å². The molecule has 0 spiro atoms. The molecule has 0 saturated heterocycles. The molecule has 0 atom stereocenters. The maximum Gasteiger partial charge on any atom is 0.340 e. The monoisotopic (exact) mass is 318 g/mol. The summed E-state index contributed by atoms with van der Waals surface area (Å²) < 4.78 is 6.38. The lowest BCUT2D eigenvalue weighted by Crippen LogP contribution is -2.07. The molecule has 0 saturated carbocycles. The number of carboxylic acids is 1. The Bertz CT molecular complexity index is 821. The predicted octanol–water partition coefficient (Wildman–Crippen LogP) is 4.16. The molecule has 1 aromatic carbocycles. The van der Waals surface area contributed by atoms with Crippen molar-refractivity contribution in [2.75, 3.05) is 6.61 Å². The third-order valence-electron chi connectivity index (χ3n) is 3.07. The molecule has 21 heavy (non-hydrogen) atoms. The van der Waals surface area contributed by atoms with E-state index < -0.39 is 11.9 Å². The Labute approximate surface area is 127 Å². The number of esters is 1. The number of ether oxygens (including phenoxy) is 1. The van der Waals surface area contributed by atoms with Gasteiger partial charge in [0, 0.05) is 10.8 Å². The molecule has 0 aliphatic carbocycles. The van der Waals surface area contributed by atoms with Crippen molar-refractivity contribution >= 4 is 54.8 Å². The van der Waals surface area contributed by atoms with Gasteiger partial charge in [0.15, 0.2) is 0 Å². The van der Waals surface area contributed by atoms with Crippen LogP contribution in [0.3, 0.4) is 0 Å². The second-order valence-corrected chi connectivity index (χ2v) is 6.10. The third-order valence-corrected chi connectivity index (χ3v) is 4.94. The number of rotatable bonds is 4. The van der Waals surface area contributed by atoms with Crippen LogP contribution in [-0.4, -0.2) is 23.7 Å². The first-order valence-corrected chi connectivity index (χ1v) is 7.82. The number of fused-ring (bicyclic) bond motifs is 2. The number of benzene rings is 1. The molecule has 0 unspecified atom stereocenters. The van der Waals surface area contributed by atoms with E-state index in [0.717, 1.165) is 0 Å². The van der Waals surface area contributed by atoms with E-state index >= 15 is 0 Å². The lowest BCUT2D eigenvalue weighted by molar-refractivity contribution is 0.0553. The zero-order valence-electron chi connectivity index (χ0n) is 10.8. The second kappa shape index (κ2) is 5.31. The van der Waals surface area contributed by atoms with Gasteiger partial charge in [-0.05, 0) is 22.9 Å². The summed E-state index contributed by atoms with van der Waals surface area (Å²) in [6.45, 7) is 3.64. The molecule has 0 fully saturated rings. The van der Waals surface area contributed by atoms with E-state index in [0.29, 0.717) is 25.7 Å². The minimum Gasteiger partial charge on any atom is -0.478 e. The van der Waals surface area contributed by atoms with Crippen LogP contribution in [0.4, 0.5) is 0 Å². The van der Waals surface area contributed by atoms with E-state index in [1.807, 2.05) is 0 Å². The predicted molar refractivity (Wildman–Crippen MR) is 84.6 cm³/mol. The normalized spacial score (nSPS) is 10.9. The zero-order valence-corrected chi connectivity index (χ0v) is 12.4. The fourth-order valence-corrected chi connectivity index (χ4v) is 4.17. The van der Waals surface area contributed by atoms with E-state index in [1.54, 1.807) is 22.9 Å². The summed E-state index contributed by atoms with van der Waals surface area (Å²) >= 11 is 2.65. The van der Waals surface area contributed by atoms with E-state index in [1.165, 1.54) is 28.7 Å². The lowest BCUT2D eigenvalue weighted by Gasteiger charge is -2.08. The van der Waals surface area contributed by atoms with Gasteiger partial charge in [-0.1, -0.05) is 12.7 Å². The van der Waals surface area contributed by atoms with Crippen molar-refractivity contribution in [3.05, 3.63) is 46.7 Å².